The number of rotatable bonds is 3. The van der Waals surface area contributed by atoms with E-state index in [1.165, 1.54) is 0 Å². The van der Waals surface area contributed by atoms with Crippen LogP contribution in [-0.4, -0.2) is 15.5 Å². The van der Waals surface area contributed by atoms with Crippen LogP contribution >= 0.6 is 0 Å². The number of nitrogens with one attached hydrogen (secondary N) is 1. The lowest BCUT2D eigenvalue weighted by Crippen LogP contribution is -2.21. The first-order valence-corrected chi connectivity index (χ1v) is 4.93. The van der Waals surface area contributed by atoms with Gasteiger partial charge in [0.05, 0.1) is 0 Å². The van der Waals surface area contributed by atoms with Gasteiger partial charge in [-0.1, -0.05) is 6.92 Å². The van der Waals surface area contributed by atoms with Crippen LogP contribution in [0.3, 0.4) is 0 Å². The standard InChI is InChI=1S/C10H14FN3/c1-3-10(4-5-10)14-8-6-7(2)12-9(11)13-8/h6H,3-5H2,1-2H3,(H,12,13,14). The molecule has 1 aromatic rings. The lowest BCUT2D eigenvalue weighted by molar-refractivity contribution is 0.534. The van der Waals surface area contributed by atoms with Crippen molar-refractivity contribution in [1.82, 2.24) is 9.97 Å². The van der Waals surface area contributed by atoms with Crippen molar-refractivity contribution >= 4 is 5.82 Å². The fourth-order valence-electron chi connectivity index (χ4n) is 1.59. The van der Waals surface area contributed by atoms with E-state index >= 15 is 0 Å². The molecule has 1 fully saturated rings. The average Bonchev–Trinajstić information content (AvgIpc) is 2.83. The van der Waals surface area contributed by atoms with Gasteiger partial charge in [0.25, 0.3) is 0 Å². The first kappa shape index (κ1) is 9.37. The normalized spacial score (nSPS) is 17.9. The predicted octanol–water partition coefficient (Wildman–Crippen LogP) is 2.28. The van der Waals surface area contributed by atoms with Crippen LogP contribution in [0.15, 0.2) is 6.07 Å². The van der Waals surface area contributed by atoms with Gasteiger partial charge in [-0.05, 0) is 26.2 Å². The second-order valence-corrected chi connectivity index (χ2v) is 3.92. The minimum absolute atomic E-state index is 0.174. The van der Waals surface area contributed by atoms with Crippen molar-refractivity contribution in [2.75, 3.05) is 5.32 Å². The molecule has 0 bridgehead atoms. The summed E-state index contributed by atoms with van der Waals surface area (Å²) >= 11 is 0. The van der Waals surface area contributed by atoms with Gasteiger partial charge in [-0.15, -0.1) is 0 Å². The van der Waals surface area contributed by atoms with E-state index in [-0.39, 0.29) is 5.54 Å². The topological polar surface area (TPSA) is 37.8 Å². The van der Waals surface area contributed by atoms with Gasteiger partial charge in [0, 0.05) is 17.3 Å². The van der Waals surface area contributed by atoms with Crippen LogP contribution in [0.2, 0.25) is 0 Å². The molecule has 3 nitrogen and oxygen atoms in total. The second-order valence-electron chi connectivity index (χ2n) is 3.92. The maximum atomic E-state index is 12.9. The summed E-state index contributed by atoms with van der Waals surface area (Å²) < 4.78 is 12.9. The number of aryl methyl sites for hydroxylation is 1. The van der Waals surface area contributed by atoms with Gasteiger partial charge in [-0.3, -0.25) is 0 Å². The summed E-state index contributed by atoms with van der Waals surface area (Å²) in [5, 5.41) is 3.27. The number of nitrogens with zero attached hydrogens (tertiary/aromatic N) is 2. The van der Waals surface area contributed by atoms with Gasteiger partial charge >= 0.3 is 6.08 Å². The number of anilines is 1. The molecule has 0 amide bonds. The molecular weight excluding hydrogens is 181 g/mol. The van der Waals surface area contributed by atoms with Crippen LogP contribution in [0.4, 0.5) is 10.2 Å². The van der Waals surface area contributed by atoms with E-state index in [9.17, 15) is 4.39 Å². The third-order valence-electron chi connectivity index (χ3n) is 2.75. The SMILES string of the molecule is CCC1(Nc2cc(C)nc(F)n2)CC1. The summed E-state index contributed by atoms with van der Waals surface area (Å²) in [6.45, 7) is 3.89. The summed E-state index contributed by atoms with van der Waals surface area (Å²) in [4.78, 5) is 7.31. The van der Waals surface area contributed by atoms with Gasteiger partial charge in [0.1, 0.15) is 5.82 Å². The summed E-state index contributed by atoms with van der Waals surface area (Å²) in [6, 6.07) is 1.78. The van der Waals surface area contributed by atoms with Crippen LogP contribution < -0.4 is 5.32 Å². The summed E-state index contributed by atoms with van der Waals surface area (Å²) in [7, 11) is 0. The highest BCUT2D eigenvalue weighted by Crippen LogP contribution is 2.41. The van der Waals surface area contributed by atoms with Gasteiger partial charge in [-0.2, -0.15) is 9.37 Å². The van der Waals surface area contributed by atoms with Gasteiger partial charge in [0.2, 0.25) is 0 Å². The minimum atomic E-state index is -0.653. The Hall–Kier alpha value is -1.19. The highest BCUT2D eigenvalue weighted by atomic mass is 19.1. The predicted molar refractivity (Wildman–Crippen MR) is 52.6 cm³/mol. The Balaban J connectivity index is 2.16. The van der Waals surface area contributed by atoms with Crippen molar-refractivity contribution in [3.63, 3.8) is 0 Å². The summed E-state index contributed by atoms with van der Waals surface area (Å²) in [6.07, 6.45) is 2.69. The Kier molecular flexibility index (Phi) is 2.13. The van der Waals surface area contributed by atoms with Crippen LogP contribution in [-0.2, 0) is 0 Å². The lowest BCUT2D eigenvalue weighted by Gasteiger charge is -2.15. The zero-order valence-electron chi connectivity index (χ0n) is 8.47. The summed E-state index contributed by atoms with van der Waals surface area (Å²) in [5.41, 5.74) is 0.833. The highest BCUT2D eigenvalue weighted by Gasteiger charge is 2.40. The van der Waals surface area contributed by atoms with Gasteiger partial charge in [-0.25, -0.2) is 4.98 Å². The molecule has 0 saturated heterocycles. The number of hydrogen-bond acceptors (Lipinski definition) is 3. The molecule has 1 saturated carbocycles. The molecule has 76 valence electrons. The quantitative estimate of drug-likeness (QED) is 0.752. The first-order chi connectivity index (χ1) is 6.63. The first-order valence-electron chi connectivity index (χ1n) is 4.93. The maximum absolute atomic E-state index is 12.9. The molecule has 2 rings (SSSR count). The molecule has 0 aromatic carbocycles. The molecule has 1 aromatic heterocycles. The lowest BCUT2D eigenvalue weighted by atomic mass is 10.2. The van der Waals surface area contributed by atoms with Crippen molar-refractivity contribution in [2.24, 2.45) is 0 Å². The number of halogens is 1. The molecule has 1 N–H and O–H groups in total. The Morgan fingerprint density at radius 1 is 1.50 bits per heavy atom. The van der Waals surface area contributed by atoms with Gasteiger partial charge in [0.15, 0.2) is 0 Å². The molecule has 1 heterocycles. The van der Waals surface area contributed by atoms with E-state index in [0.29, 0.717) is 11.5 Å². The molecule has 1 aliphatic rings. The van der Waals surface area contributed by atoms with E-state index in [1.807, 2.05) is 0 Å². The van der Waals surface area contributed by atoms with E-state index in [2.05, 4.69) is 22.2 Å². The Morgan fingerprint density at radius 2 is 2.21 bits per heavy atom. The molecule has 0 atom stereocenters. The summed E-state index contributed by atoms with van der Waals surface area (Å²) in [5.74, 6) is 0.606. The minimum Gasteiger partial charge on any atom is -0.364 e. The van der Waals surface area contributed by atoms with Crippen LogP contribution in [0.25, 0.3) is 0 Å². The maximum Gasteiger partial charge on any atom is 0.310 e. The van der Waals surface area contributed by atoms with Crippen LogP contribution in [0.1, 0.15) is 31.9 Å². The van der Waals surface area contributed by atoms with E-state index in [0.717, 1.165) is 19.3 Å². The monoisotopic (exact) mass is 195 g/mol. The molecule has 0 aliphatic heterocycles. The zero-order valence-corrected chi connectivity index (χ0v) is 8.47. The number of hydrogen-bond donors (Lipinski definition) is 1. The van der Waals surface area contributed by atoms with Crippen molar-refractivity contribution in [1.29, 1.82) is 0 Å². The average molecular weight is 195 g/mol. The molecular formula is C10H14FN3. The van der Waals surface area contributed by atoms with Crippen molar-refractivity contribution in [2.45, 2.75) is 38.6 Å². The van der Waals surface area contributed by atoms with Gasteiger partial charge < -0.3 is 5.32 Å². The van der Waals surface area contributed by atoms with Crippen LogP contribution in [0.5, 0.6) is 0 Å². The largest absolute Gasteiger partial charge is 0.364 e. The molecule has 1 aliphatic carbocycles. The fourth-order valence-corrected chi connectivity index (χ4v) is 1.59. The fraction of sp³-hybridized carbons (Fsp3) is 0.600. The third-order valence-corrected chi connectivity index (χ3v) is 2.75. The Labute approximate surface area is 82.8 Å². The Bertz CT molecular complexity index is 327. The number of aromatic nitrogens is 2. The van der Waals surface area contributed by atoms with Crippen molar-refractivity contribution in [3.05, 3.63) is 17.8 Å². The molecule has 0 radical (unpaired) electrons. The van der Waals surface area contributed by atoms with Crippen molar-refractivity contribution < 1.29 is 4.39 Å². The highest BCUT2D eigenvalue weighted by molar-refractivity contribution is 5.40. The van der Waals surface area contributed by atoms with E-state index < -0.39 is 6.08 Å². The molecule has 4 heteroatoms. The second kappa shape index (κ2) is 3.19. The van der Waals surface area contributed by atoms with E-state index in [4.69, 9.17) is 0 Å². The smallest absolute Gasteiger partial charge is 0.310 e. The zero-order chi connectivity index (χ0) is 10.2. The van der Waals surface area contributed by atoms with Crippen molar-refractivity contribution in [3.8, 4) is 0 Å². The molecule has 0 unspecified atom stereocenters. The Morgan fingerprint density at radius 3 is 2.71 bits per heavy atom. The molecule has 14 heavy (non-hydrogen) atoms. The molecule has 0 spiro atoms. The van der Waals surface area contributed by atoms with E-state index in [1.54, 1.807) is 13.0 Å². The third kappa shape index (κ3) is 1.84. The van der Waals surface area contributed by atoms with Crippen LogP contribution in [0, 0.1) is 13.0 Å².